The van der Waals surface area contributed by atoms with Crippen molar-refractivity contribution < 1.29 is 23.9 Å². The summed E-state index contributed by atoms with van der Waals surface area (Å²) in [4.78, 5) is 42.1. The van der Waals surface area contributed by atoms with Crippen molar-refractivity contribution in [3.63, 3.8) is 0 Å². The number of nitrogens with one attached hydrogen (secondary N) is 1. The van der Waals surface area contributed by atoms with Crippen molar-refractivity contribution >= 4 is 29.4 Å². The smallest absolute Gasteiger partial charge is 0.318 e. The number of esters is 1. The average Bonchev–Trinajstić information content (AvgIpc) is 3.05. The monoisotopic (exact) mass is 538 g/mol. The van der Waals surface area contributed by atoms with Crippen molar-refractivity contribution in [1.29, 1.82) is 0 Å². The van der Waals surface area contributed by atoms with Gasteiger partial charge < -0.3 is 19.7 Å². The van der Waals surface area contributed by atoms with Crippen LogP contribution in [0.2, 0.25) is 5.02 Å². The molecule has 202 valence electrons. The molecule has 1 aliphatic carbocycles. The maximum atomic E-state index is 13.9. The number of carbonyl (C=O) groups excluding carboxylic acids is 3. The topological polar surface area (TPSA) is 84.9 Å². The maximum Gasteiger partial charge on any atom is 0.318 e. The van der Waals surface area contributed by atoms with E-state index in [0.717, 1.165) is 36.1 Å². The SMILES string of the molecule is COC(=O)[C@@]12CCCCC=C1N(CCc1ccc(Cl)cc1)C(=O)[C@H]2CC(=O)NCCc1ccccc1OC. The Bertz CT molecular complexity index is 1200. The number of nitrogens with zero attached hydrogens (tertiary/aromatic N) is 1. The first-order valence-electron chi connectivity index (χ1n) is 13.1. The van der Waals surface area contributed by atoms with Crippen molar-refractivity contribution in [3.8, 4) is 5.75 Å². The van der Waals surface area contributed by atoms with E-state index < -0.39 is 17.3 Å². The molecule has 1 fully saturated rings. The molecule has 0 spiro atoms. The number of halogens is 1. The third kappa shape index (κ3) is 5.73. The highest BCUT2D eigenvalue weighted by molar-refractivity contribution is 6.30. The Hall–Kier alpha value is -3.32. The highest BCUT2D eigenvalue weighted by Gasteiger charge is 2.61. The number of hydrogen-bond acceptors (Lipinski definition) is 5. The number of amides is 2. The van der Waals surface area contributed by atoms with E-state index in [1.165, 1.54) is 7.11 Å². The zero-order valence-corrected chi connectivity index (χ0v) is 22.8. The van der Waals surface area contributed by atoms with Gasteiger partial charge in [-0.05, 0) is 61.4 Å². The molecule has 4 rings (SSSR count). The number of allylic oxidation sites excluding steroid dienone is 1. The number of carbonyl (C=O) groups is 3. The van der Waals surface area contributed by atoms with Gasteiger partial charge in [-0.2, -0.15) is 0 Å². The predicted molar refractivity (Wildman–Crippen MR) is 146 cm³/mol. The third-order valence-corrected chi connectivity index (χ3v) is 7.91. The minimum absolute atomic E-state index is 0.0748. The zero-order chi connectivity index (χ0) is 27.1. The first-order chi connectivity index (χ1) is 18.4. The molecule has 1 heterocycles. The molecule has 0 radical (unpaired) electrons. The van der Waals surface area contributed by atoms with Crippen LogP contribution >= 0.6 is 11.6 Å². The predicted octanol–water partition coefficient (Wildman–Crippen LogP) is 4.72. The number of hydrogen-bond donors (Lipinski definition) is 1. The van der Waals surface area contributed by atoms with Crippen LogP contribution in [-0.2, 0) is 32.0 Å². The highest BCUT2D eigenvalue weighted by atomic mass is 35.5. The normalized spacial score (nSPS) is 20.8. The molecule has 1 N–H and O–H groups in total. The number of benzene rings is 2. The number of methoxy groups -OCH3 is 2. The van der Waals surface area contributed by atoms with Gasteiger partial charge in [0.1, 0.15) is 11.2 Å². The van der Waals surface area contributed by atoms with E-state index >= 15 is 0 Å². The van der Waals surface area contributed by atoms with Crippen molar-refractivity contribution in [1.82, 2.24) is 10.2 Å². The highest BCUT2D eigenvalue weighted by Crippen LogP contribution is 2.53. The van der Waals surface area contributed by atoms with Crippen molar-refractivity contribution in [2.24, 2.45) is 11.3 Å². The van der Waals surface area contributed by atoms with Gasteiger partial charge in [0, 0.05) is 30.2 Å². The van der Waals surface area contributed by atoms with Gasteiger partial charge in [-0.1, -0.05) is 54.4 Å². The molecule has 2 amide bonds. The first-order valence-corrected chi connectivity index (χ1v) is 13.5. The Kier molecular flexibility index (Phi) is 9.10. The fourth-order valence-corrected chi connectivity index (χ4v) is 5.86. The van der Waals surface area contributed by atoms with E-state index in [-0.39, 0.29) is 18.2 Å². The number of rotatable bonds is 10. The summed E-state index contributed by atoms with van der Waals surface area (Å²) in [6.45, 7) is 0.811. The Morgan fingerprint density at radius 1 is 1.08 bits per heavy atom. The van der Waals surface area contributed by atoms with Gasteiger partial charge in [0.2, 0.25) is 11.8 Å². The van der Waals surface area contributed by atoms with Crippen LogP contribution < -0.4 is 10.1 Å². The first kappa shape index (κ1) is 27.7. The van der Waals surface area contributed by atoms with E-state index in [1.807, 2.05) is 54.6 Å². The lowest BCUT2D eigenvalue weighted by Gasteiger charge is -2.31. The standard InChI is InChI=1S/C30H35ClN2O5/c1-37-25-9-6-5-8-22(25)15-18-32-27(34)20-24-28(35)33(19-16-21-11-13-23(31)14-12-21)26-10-4-3-7-17-30(24,26)29(36)38-2/h5-6,8-14,24H,3-4,7,15-20H2,1-2H3,(H,32,34)/t24-,30-/m1/s1. The maximum absolute atomic E-state index is 13.9. The number of fused-ring (bicyclic) bond motifs is 1. The van der Waals surface area contributed by atoms with Crippen LogP contribution in [-0.4, -0.2) is 50.0 Å². The fourth-order valence-electron chi connectivity index (χ4n) is 5.74. The molecule has 1 aliphatic heterocycles. The number of likely N-dealkylation sites (tertiary alicyclic amines) is 1. The molecule has 0 saturated carbocycles. The van der Waals surface area contributed by atoms with E-state index in [2.05, 4.69) is 5.32 Å². The quantitative estimate of drug-likeness (QED) is 0.443. The van der Waals surface area contributed by atoms with Crippen molar-refractivity contribution in [2.75, 3.05) is 27.3 Å². The Morgan fingerprint density at radius 3 is 2.58 bits per heavy atom. The Morgan fingerprint density at radius 2 is 1.84 bits per heavy atom. The zero-order valence-electron chi connectivity index (χ0n) is 22.0. The lowest BCUT2D eigenvalue weighted by atomic mass is 9.71. The molecule has 2 aliphatic rings. The van der Waals surface area contributed by atoms with Gasteiger partial charge in [-0.25, -0.2) is 0 Å². The van der Waals surface area contributed by atoms with Gasteiger partial charge in [0.25, 0.3) is 0 Å². The third-order valence-electron chi connectivity index (χ3n) is 7.66. The lowest BCUT2D eigenvalue weighted by Crippen LogP contribution is -2.41. The van der Waals surface area contributed by atoms with E-state index in [9.17, 15) is 14.4 Å². The van der Waals surface area contributed by atoms with Gasteiger partial charge in [0.05, 0.1) is 20.1 Å². The lowest BCUT2D eigenvalue weighted by molar-refractivity contribution is -0.155. The molecule has 38 heavy (non-hydrogen) atoms. The second-order valence-electron chi connectivity index (χ2n) is 9.83. The molecule has 2 aromatic rings. The molecule has 0 bridgehead atoms. The summed E-state index contributed by atoms with van der Waals surface area (Å²) >= 11 is 6.02. The molecule has 1 saturated heterocycles. The van der Waals surface area contributed by atoms with E-state index in [1.54, 1.807) is 12.0 Å². The second-order valence-corrected chi connectivity index (χ2v) is 10.3. The van der Waals surface area contributed by atoms with Gasteiger partial charge in [0.15, 0.2) is 0 Å². The summed E-state index contributed by atoms with van der Waals surface area (Å²) < 4.78 is 10.7. The molecule has 8 heteroatoms. The van der Waals surface area contributed by atoms with Crippen LogP contribution in [0.15, 0.2) is 60.3 Å². The second kappa shape index (κ2) is 12.5. The van der Waals surface area contributed by atoms with Gasteiger partial charge in [-0.3, -0.25) is 14.4 Å². The Labute approximate surface area is 229 Å². The molecule has 0 unspecified atom stereocenters. The van der Waals surface area contributed by atoms with Gasteiger partial charge >= 0.3 is 5.97 Å². The summed E-state index contributed by atoms with van der Waals surface area (Å²) in [5.41, 5.74) is 1.56. The van der Waals surface area contributed by atoms with Gasteiger partial charge in [-0.15, -0.1) is 0 Å². The van der Waals surface area contributed by atoms with Crippen molar-refractivity contribution in [3.05, 3.63) is 76.5 Å². The average molecular weight is 539 g/mol. The van der Waals surface area contributed by atoms with E-state index in [4.69, 9.17) is 21.1 Å². The van der Waals surface area contributed by atoms with E-state index in [0.29, 0.717) is 43.1 Å². The molecule has 2 aromatic carbocycles. The van der Waals surface area contributed by atoms with Crippen LogP contribution in [0.3, 0.4) is 0 Å². The van der Waals surface area contributed by atoms with Crippen molar-refractivity contribution in [2.45, 2.75) is 44.9 Å². The summed E-state index contributed by atoms with van der Waals surface area (Å²) in [5.74, 6) is -0.945. The molecule has 0 aromatic heterocycles. The van der Waals surface area contributed by atoms with Crippen LogP contribution in [0, 0.1) is 11.3 Å². The summed E-state index contributed by atoms with van der Waals surface area (Å²) in [6, 6.07) is 15.2. The molecule has 2 atom stereocenters. The number of ether oxygens (including phenoxy) is 2. The number of para-hydroxylation sites is 1. The summed E-state index contributed by atoms with van der Waals surface area (Å²) in [6.07, 6.45) is 6.07. The molecule has 7 nitrogen and oxygen atoms in total. The molecular formula is C30H35ClN2O5. The minimum atomic E-state index is -1.15. The minimum Gasteiger partial charge on any atom is -0.496 e. The summed E-state index contributed by atoms with van der Waals surface area (Å²) in [7, 11) is 2.97. The van der Waals surface area contributed by atoms with Crippen LogP contribution in [0.1, 0.15) is 43.2 Å². The summed E-state index contributed by atoms with van der Waals surface area (Å²) in [5, 5.41) is 3.60. The fraction of sp³-hybridized carbons (Fsp3) is 0.433. The van der Waals surface area contributed by atoms with Crippen LogP contribution in [0.25, 0.3) is 0 Å². The molecular weight excluding hydrogens is 504 g/mol. The van der Waals surface area contributed by atoms with Crippen LogP contribution in [0.4, 0.5) is 0 Å². The Balaban J connectivity index is 1.52. The van der Waals surface area contributed by atoms with Crippen LogP contribution in [0.5, 0.6) is 5.75 Å². The largest absolute Gasteiger partial charge is 0.496 e.